The summed E-state index contributed by atoms with van der Waals surface area (Å²) < 4.78 is 0. The lowest BCUT2D eigenvalue weighted by molar-refractivity contribution is 1.83. The van der Waals surface area contributed by atoms with Gasteiger partial charge in [-0.3, -0.25) is 0 Å². The Morgan fingerprint density at radius 3 is 1.25 bits per heavy atom. The fourth-order valence-corrected chi connectivity index (χ4v) is 0. The number of hydrogen-bond acceptors (Lipinski definition) is 0. The van der Waals surface area contributed by atoms with Crippen molar-refractivity contribution in [3.63, 3.8) is 0 Å². The minimum Gasteiger partial charge on any atom is -0.107 e. The van der Waals surface area contributed by atoms with Crippen molar-refractivity contribution in [3.05, 3.63) is 0 Å². The van der Waals surface area contributed by atoms with E-state index in [1.807, 2.05) is 13.8 Å². The monoisotopic (exact) mass is 56.1 g/mol. The molecule has 0 saturated heterocycles. The van der Waals surface area contributed by atoms with Gasteiger partial charge in [-0.2, -0.15) is 0 Å². The minimum atomic E-state index is 1.82. The first-order valence-corrected chi connectivity index (χ1v) is 1.25. The third-order valence-corrected chi connectivity index (χ3v) is 0.250. The summed E-state index contributed by atoms with van der Waals surface area (Å²) in [5, 5.41) is 0. The Morgan fingerprint density at radius 1 is 1.00 bits per heavy atom. The van der Waals surface area contributed by atoms with E-state index in [1.54, 1.807) is 0 Å². The average molecular weight is 56.1 g/mol. The Kier molecular flexibility index (Phi) is 2.28. The zero-order valence-corrected chi connectivity index (χ0v) is 3.00. The third kappa shape index (κ3) is 1.56. The molecule has 0 fully saturated rings. The third-order valence-electron chi connectivity index (χ3n) is 0.250. The molecule has 0 aliphatic rings. The molecule has 0 heteroatoms. The van der Waals surface area contributed by atoms with Crippen LogP contribution >= 0.6 is 0 Å². The second-order valence-electron chi connectivity index (χ2n) is 0.500. The van der Waals surface area contributed by atoms with Gasteiger partial charge in [0.25, 0.3) is 0 Å². The van der Waals surface area contributed by atoms with Gasteiger partial charge in [-0.1, -0.05) is 0 Å². The molecule has 0 aromatic rings. The van der Waals surface area contributed by atoms with Gasteiger partial charge < -0.3 is 0 Å². The van der Waals surface area contributed by atoms with Gasteiger partial charge in [0.1, 0.15) is 0 Å². The lowest BCUT2D eigenvalue weighted by atomic mass is 11.2. The average Bonchev–Trinajstić information content (AvgIpc) is 1.37. The van der Waals surface area contributed by atoms with E-state index in [4.69, 9.17) is 0 Å². The highest BCUT2D eigenvalue weighted by molar-refractivity contribution is 4.89. The molecule has 0 radical (unpaired) electrons. The van der Waals surface area contributed by atoms with Crippen LogP contribution in [0.25, 0.3) is 0 Å². The fraction of sp³-hybridized carbons (Fsp3) is 0.500. The first kappa shape index (κ1) is 3.56. The van der Waals surface area contributed by atoms with Gasteiger partial charge in [0.15, 0.2) is 0 Å². The summed E-state index contributed by atoms with van der Waals surface area (Å²) in [7, 11) is 0. The Morgan fingerprint density at radius 2 is 1.25 bits per heavy atom. The van der Waals surface area contributed by atoms with Crippen LogP contribution in [-0.2, 0) is 0 Å². The number of rotatable bonds is 0. The van der Waals surface area contributed by atoms with Crippen molar-refractivity contribution in [1.29, 1.82) is 0 Å². The second kappa shape index (κ2) is 2.56. The summed E-state index contributed by atoms with van der Waals surface area (Å²) in [4.78, 5) is 0. The molecule has 0 aromatic carbocycles. The highest BCUT2D eigenvalue weighted by atomic mass is 14.1. The molecular formula is C4H6. The molecule has 0 N–H and O–H groups in total. The van der Waals surface area contributed by atoms with Crippen LogP contribution < -0.4 is 0 Å². The second-order valence-corrected chi connectivity index (χ2v) is 0.500. The summed E-state index contributed by atoms with van der Waals surface area (Å²) >= 11 is 0. The lowest BCUT2D eigenvalue weighted by Crippen LogP contribution is -1.28. The molecule has 0 aliphatic heterocycles. The van der Waals surface area contributed by atoms with Gasteiger partial charge in [-0.05, 0) is 13.8 Å². The molecule has 0 unspecified atom stereocenters. The smallest absolute Gasteiger partial charge is 0.00271 e. The predicted molar refractivity (Wildman–Crippen MR) is 19.1 cm³/mol. The zero-order valence-electron chi connectivity index (χ0n) is 3.00. The Hall–Kier alpha value is -0.440. The SMILES string of the molecule is C[13C]#[13C]C. The van der Waals surface area contributed by atoms with E-state index >= 15 is 0 Å². The van der Waals surface area contributed by atoms with E-state index in [0.717, 1.165) is 0 Å². The molecule has 0 nitrogen and oxygen atoms in total. The van der Waals surface area contributed by atoms with Crippen molar-refractivity contribution < 1.29 is 0 Å². The quantitative estimate of drug-likeness (QED) is 0.287. The van der Waals surface area contributed by atoms with Crippen molar-refractivity contribution >= 4 is 0 Å². The van der Waals surface area contributed by atoms with E-state index < -0.39 is 0 Å². The van der Waals surface area contributed by atoms with Crippen LogP contribution in [0.3, 0.4) is 0 Å². The van der Waals surface area contributed by atoms with Crippen molar-refractivity contribution in [2.75, 3.05) is 0 Å². The summed E-state index contributed by atoms with van der Waals surface area (Å²) in [6, 6.07) is 0. The van der Waals surface area contributed by atoms with Gasteiger partial charge in [0.2, 0.25) is 0 Å². The Labute approximate surface area is 26.8 Å². The molecule has 0 amide bonds. The molecule has 0 aliphatic carbocycles. The zero-order chi connectivity index (χ0) is 3.41. The van der Waals surface area contributed by atoms with Crippen LogP contribution in [0.1, 0.15) is 13.8 Å². The van der Waals surface area contributed by atoms with E-state index in [0.29, 0.717) is 0 Å². The molecule has 0 saturated carbocycles. The van der Waals surface area contributed by atoms with Crippen LogP contribution in [0, 0.1) is 11.8 Å². The van der Waals surface area contributed by atoms with Crippen LogP contribution in [-0.4, -0.2) is 0 Å². The maximum absolute atomic E-state index is 2.68. The minimum absolute atomic E-state index is 1.82. The molecule has 0 spiro atoms. The molecule has 0 aromatic heterocycles. The van der Waals surface area contributed by atoms with Gasteiger partial charge in [0, 0.05) is 0 Å². The Balaban J connectivity index is 2.83. The molecule has 22 valence electrons. The van der Waals surface area contributed by atoms with Crippen LogP contribution in [0.15, 0.2) is 0 Å². The van der Waals surface area contributed by atoms with Gasteiger partial charge in [-0.15, -0.1) is 11.8 Å². The molecule has 0 bridgehead atoms. The molecule has 4 heavy (non-hydrogen) atoms. The largest absolute Gasteiger partial charge is 0.107 e. The van der Waals surface area contributed by atoms with E-state index in [-0.39, 0.29) is 0 Å². The summed E-state index contributed by atoms with van der Waals surface area (Å²) in [6.07, 6.45) is 0. The van der Waals surface area contributed by atoms with Gasteiger partial charge in [0.05, 0.1) is 0 Å². The van der Waals surface area contributed by atoms with Crippen molar-refractivity contribution in [2.45, 2.75) is 13.8 Å². The molecular weight excluding hydrogens is 50.0 g/mol. The van der Waals surface area contributed by atoms with E-state index in [9.17, 15) is 0 Å². The fourth-order valence-electron chi connectivity index (χ4n) is 0. The summed E-state index contributed by atoms with van der Waals surface area (Å²) in [5.41, 5.74) is 0. The summed E-state index contributed by atoms with van der Waals surface area (Å²) in [6.45, 7) is 3.64. The maximum Gasteiger partial charge on any atom is -0.00271 e. The molecule has 0 atom stereocenters. The highest BCUT2D eigenvalue weighted by Gasteiger charge is 1.26. The first-order chi connectivity index (χ1) is 1.91. The van der Waals surface area contributed by atoms with E-state index in [1.165, 1.54) is 0 Å². The number of hydrogen-bond donors (Lipinski definition) is 0. The van der Waals surface area contributed by atoms with Crippen molar-refractivity contribution in [3.8, 4) is 11.8 Å². The standard InChI is InChI=1S/C4H6/c1-3-4-2/h1-2H3/i3+1,4+1. The topological polar surface area (TPSA) is 0 Å². The highest BCUT2D eigenvalue weighted by Crippen LogP contribution is 1.39. The summed E-state index contributed by atoms with van der Waals surface area (Å²) in [5.74, 6) is 5.36. The van der Waals surface area contributed by atoms with Gasteiger partial charge >= 0.3 is 0 Å². The van der Waals surface area contributed by atoms with Crippen LogP contribution in [0.2, 0.25) is 0 Å². The van der Waals surface area contributed by atoms with Crippen molar-refractivity contribution in [1.82, 2.24) is 0 Å². The van der Waals surface area contributed by atoms with Crippen LogP contribution in [0.5, 0.6) is 0 Å². The molecule has 0 heterocycles. The van der Waals surface area contributed by atoms with Crippen LogP contribution in [0.4, 0.5) is 0 Å². The molecule has 0 rings (SSSR count). The van der Waals surface area contributed by atoms with Gasteiger partial charge in [-0.25, -0.2) is 0 Å². The normalized spacial score (nSPS) is 3.50. The Bertz CT molecular complexity index is 36.8. The predicted octanol–water partition coefficient (Wildman–Crippen LogP) is 1.03. The van der Waals surface area contributed by atoms with E-state index in [2.05, 4.69) is 11.8 Å². The first-order valence-electron chi connectivity index (χ1n) is 1.25. The lowest BCUT2D eigenvalue weighted by Gasteiger charge is -1.40. The maximum atomic E-state index is 2.68. The van der Waals surface area contributed by atoms with Crippen molar-refractivity contribution in [2.24, 2.45) is 0 Å².